The van der Waals surface area contributed by atoms with Gasteiger partial charge in [0.1, 0.15) is 6.26 Å². The van der Waals surface area contributed by atoms with Crippen molar-refractivity contribution in [3.63, 3.8) is 0 Å². The van der Waals surface area contributed by atoms with Crippen LogP contribution in [0.1, 0.15) is 55.8 Å². The minimum absolute atomic E-state index is 0.0237. The van der Waals surface area contributed by atoms with E-state index in [2.05, 4.69) is 13.5 Å². The molecule has 1 aromatic rings. The van der Waals surface area contributed by atoms with Gasteiger partial charge in [-0.25, -0.2) is 0 Å². The Bertz CT molecular complexity index is 689. The van der Waals surface area contributed by atoms with Crippen molar-refractivity contribution in [3.8, 4) is 0 Å². The first-order valence-corrected chi connectivity index (χ1v) is 8.88. The van der Waals surface area contributed by atoms with Gasteiger partial charge in [0.25, 0.3) is 0 Å². The Hall–Kier alpha value is -1.84. The summed E-state index contributed by atoms with van der Waals surface area (Å²) < 4.78 is 10.7. The highest BCUT2D eigenvalue weighted by molar-refractivity contribution is 5.96. The third-order valence-electron chi connectivity index (χ3n) is 6.82. The lowest BCUT2D eigenvalue weighted by Gasteiger charge is -2.60. The van der Waals surface area contributed by atoms with Crippen molar-refractivity contribution >= 4 is 11.8 Å². The zero-order valence-electron chi connectivity index (χ0n) is 14.2. The van der Waals surface area contributed by atoms with Gasteiger partial charge in [0.15, 0.2) is 5.78 Å². The Labute approximate surface area is 142 Å². The Kier molecular flexibility index (Phi) is 3.48. The molecular formula is C20H24O4. The van der Waals surface area contributed by atoms with Crippen molar-refractivity contribution in [3.05, 3.63) is 36.3 Å². The highest BCUT2D eigenvalue weighted by Gasteiger charge is 2.64. The highest BCUT2D eigenvalue weighted by Crippen LogP contribution is 2.64. The smallest absolute Gasteiger partial charge is 0.313 e. The van der Waals surface area contributed by atoms with Crippen LogP contribution in [0.4, 0.5) is 0 Å². The number of esters is 1. The summed E-state index contributed by atoms with van der Waals surface area (Å²) in [6, 6.07) is 1.69. The molecule has 3 fully saturated rings. The first-order valence-electron chi connectivity index (χ1n) is 8.88. The number of carbonyl (C=O) groups is 2. The van der Waals surface area contributed by atoms with Crippen LogP contribution in [0.15, 0.2) is 35.2 Å². The molecular weight excluding hydrogens is 304 g/mol. The fraction of sp³-hybridized carbons (Fsp3) is 0.600. The van der Waals surface area contributed by atoms with Gasteiger partial charge in [0.05, 0.1) is 23.8 Å². The van der Waals surface area contributed by atoms with E-state index in [1.165, 1.54) is 12.5 Å². The number of ketones is 1. The maximum Gasteiger partial charge on any atom is 0.313 e. The van der Waals surface area contributed by atoms with Gasteiger partial charge in [-0.1, -0.05) is 25.5 Å². The van der Waals surface area contributed by atoms with E-state index in [-0.39, 0.29) is 23.1 Å². The van der Waals surface area contributed by atoms with E-state index in [0.29, 0.717) is 24.5 Å². The third-order valence-corrected chi connectivity index (χ3v) is 6.82. The quantitative estimate of drug-likeness (QED) is 0.475. The summed E-state index contributed by atoms with van der Waals surface area (Å²) in [7, 11) is 0. The fourth-order valence-electron chi connectivity index (χ4n) is 5.62. The molecule has 1 unspecified atom stereocenters. The van der Waals surface area contributed by atoms with Crippen LogP contribution in [0, 0.1) is 22.7 Å². The molecule has 0 N–H and O–H groups in total. The van der Waals surface area contributed by atoms with Gasteiger partial charge >= 0.3 is 5.97 Å². The average Bonchev–Trinajstić information content (AvgIpc) is 3.09. The molecule has 0 radical (unpaired) electrons. The Morgan fingerprint density at radius 3 is 3.00 bits per heavy atom. The van der Waals surface area contributed by atoms with Crippen molar-refractivity contribution in [1.29, 1.82) is 0 Å². The van der Waals surface area contributed by atoms with Crippen LogP contribution in [0.25, 0.3) is 0 Å². The number of furan rings is 1. The summed E-state index contributed by atoms with van der Waals surface area (Å²) in [6.45, 7) is 7.01. The second kappa shape index (κ2) is 5.33. The van der Waals surface area contributed by atoms with Crippen LogP contribution >= 0.6 is 0 Å². The summed E-state index contributed by atoms with van der Waals surface area (Å²) in [4.78, 5) is 25.6. The zero-order chi connectivity index (χ0) is 16.9. The zero-order valence-corrected chi connectivity index (χ0v) is 14.2. The molecule has 4 heteroatoms. The van der Waals surface area contributed by atoms with E-state index in [1.807, 2.05) is 0 Å². The number of hydrogen-bond acceptors (Lipinski definition) is 4. The molecule has 0 amide bonds. The number of carbonyl (C=O) groups excluding carboxylic acids is 2. The van der Waals surface area contributed by atoms with Gasteiger partial charge in [-0.3, -0.25) is 9.59 Å². The van der Waals surface area contributed by atoms with Gasteiger partial charge < -0.3 is 9.15 Å². The lowest BCUT2D eigenvalue weighted by atomic mass is 9.45. The molecule has 4 atom stereocenters. The molecule has 1 saturated heterocycles. The maximum absolute atomic E-state index is 12.9. The van der Waals surface area contributed by atoms with Crippen molar-refractivity contribution in [2.75, 3.05) is 6.61 Å². The lowest BCUT2D eigenvalue weighted by Crippen LogP contribution is -2.62. The van der Waals surface area contributed by atoms with Gasteiger partial charge in [0, 0.05) is 17.8 Å². The van der Waals surface area contributed by atoms with Crippen molar-refractivity contribution in [2.45, 2.75) is 45.4 Å². The second-order valence-corrected chi connectivity index (χ2v) is 8.07. The normalized spacial score (nSPS) is 38.4. The van der Waals surface area contributed by atoms with E-state index in [4.69, 9.17) is 9.15 Å². The van der Waals surface area contributed by atoms with Crippen LogP contribution in [0.5, 0.6) is 0 Å². The molecule has 24 heavy (non-hydrogen) atoms. The van der Waals surface area contributed by atoms with E-state index >= 15 is 0 Å². The van der Waals surface area contributed by atoms with Gasteiger partial charge in [-0.05, 0) is 37.7 Å². The molecule has 128 valence electrons. The number of allylic oxidation sites excluding steroid dienone is 1. The van der Waals surface area contributed by atoms with Crippen molar-refractivity contribution in [2.24, 2.45) is 22.7 Å². The molecule has 2 heterocycles. The molecule has 4 rings (SSSR count). The summed E-state index contributed by atoms with van der Waals surface area (Å²) in [5, 5.41) is 0. The average molecular weight is 328 g/mol. The number of ether oxygens (including phenoxy) is 1. The van der Waals surface area contributed by atoms with Gasteiger partial charge in [-0.15, -0.1) is 0 Å². The van der Waals surface area contributed by atoms with Crippen LogP contribution in [-0.4, -0.2) is 18.4 Å². The summed E-state index contributed by atoms with van der Waals surface area (Å²) >= 11 is 0. The minimum atomic E-state index is -0.556. The minimum Gasteiger partial charge on any atom is -0.472 e. The molecule has 3 aliphatic rings. The Morgan fingerprint density at radius 1 is 1.42 bits per heavy atom. The molecule has 1 aliphatic heterocycles. The van der Waals surface area contributed by atoms with Crippen molar-refractivity contribution < 1.29 is 18.7 Å². The van der Waals surface area contributed by atoms with Gasteiger partial charge in [0.2, 0.25) is 0 Å². The van der Waals surface area contributed by atoms with Crippen LogP contribution in [0.3, 0.4) is 0 Å². The molecule has 2 bridgehead atoms. The van der Waals surface area contributed by atoms with E-state index in [9.17, 15) is 9.59 Å². The predicted octanol–water partition coefficient (Wildman–Crippen LogP) is 4.17. The molecule has 4 nitrogen and oxygen atoms in total. The second-order valence-electron chi connectivity index (χ2n) is 8.07. The van der Waals surface area contributed by atoms with E-state index < -0.39 is 5.41 Å². The first kappa shape index (κ1) is 15.7. The number of hydrogen-bond donors (Lipinski definition) is 0. The molecule has 1 aromatic heterocycles. The largest absolute Gasteiger partial charge is 0.472 e. The number of Topliss-reactive ketones (excluding diaryl/α,β-unsaturated/α-hetero) is 1. The summed E-state index contributed by atoms with van der Waals surface area (Å²) in [5.74, 6) is 0.102. The molecule has 2 saturated carbocycles. The van der Waals surface area contributed by atoms with Crippen molar-refractivity contribution in [1.82, 2.24) is 0 Å². The van der Waals surface area contributed by atoms with Crippen LogP contribution < -0.4 is 0 Å². The Morgan fingerprint density at radius 2 is 2.25 bits per heavy atom. The maximum atomic E-state index is 12.9. The fourth-order valence-corrected chi connectivity index (χ4v) is 5.62. The van der Waals surface area contributed by atoms with Crippen LogP contribution in [-0.2, 0) is 9.53 Å². The summed E-state index contributed by atoms with van der Waals surface area (Å²) in [6.07, 6.45) is 8.13. The SMILES string of the molecule is C=C1CCC2[C@]3(C)CCC[C@@]2(C(=O)OC3)[C@@H]1CC(=O)c1ccoc1. The third kappa shape index (κ3) is 2.04. The lowest BCUT2D eigenvalue weighted by molar-refractivity contribution is -0.207. The standard InChI is InChI=1S/C20H24O4/c1-13-4-5-17-19(2)7-3-8-20(17,18(22)24-12-19)15(13)10-16(21)14-6-9-23-11-14/h6,9,11,15,17H,1,3-5,7-8,10,12H2,2H3/t15-,17?,19-,20-/m1/s1. The number of rotatable bonds is 3. The van der Waals surface area contributed by atoms with Crippen LogP contribution in [0.2, 0.25) is 0 Å². The van der Waals surface area contributed by atoms with Gasteiger partial charge in [-0.2, -0.15) is 0 Å². The topological polar surface area (TPSA) is 56.5 Å². The first-order chi connectivity index (χ1) is 11.5. The molecule has 0 spiro atoms. The summed E-state index contributed by atoms with van der Waals surface area (Å²) in [5.41, 5.74) is 1.10. The molecule has 2 aliphatic carbocycles. The van der Waals surface area contributed by atoms with E-state index in [1.54, 1.807) is 6.07 Å². The molecule has 0 aromatic carbocycles. The van der Waals surface area contributed by atoms with E-state index in [0.717, 1.165) is 37.7 Å². The Balaban J connectivity index is 1.72. The number of cyclic esters (lactones) is 1. The predicted molar refractivity (Wildman–Crippen MR) is 88.4 cm³/mol. The highest BCUT2D eigenvalue weighted by atomic mass is 16.5. The monoisotopic (exact) mass is 328 g/mol.